The lowest BCUT2D eigenvalue weighted by atomic mass is 10.0. The minimum Gasteiger partial charge on any atom is -0.496 e. The van der Waals surface area contributed by atoms with Crippen LogP contribution in [0.15, 0.2) is 48.7 Å². The van der Waals surface area contributed by atoms with E-state index in [0.29, 0.717) is 30.2 Å². The fourth-order valence-electron chi connectivity index (χ4n) is 4.71. The summed E-state index contributed by atoms with van der Waals surface area (Å²) in [6, 6.07) is 10.2. The molecule has 3 aromatic rings. The minimum absolute atomic E-state index is 0.0925. The first-order chi connectivity index (χ1) is 19.6. The van der Waals surface area contributed by atoms with Crippen molar-refractivity contribution in [2.45, 2.75) is 38.2 Å². The Balaban J connectivity index is 1.48. The number of nitrogens with one attached hydrogen (secondary N) is 2. The average Bonchev–Trinajstić information content (AvgIpc) is 2.96. The number of anilines is 1. The predicted octanol–water partition coefficient (Wildman–Crippen LogP) is 3.28. The molecule has 2 N–H and O–H groups in total. The largest absolute Gasteiger partial charge is 0.496 e. The molecule has 1 saturated heterocycles. The third-order valence-electron chi connectivity index (χ3n) is 6.91. The van der Waals surface area contributed by atoms with Gasteiger partial charge in [0.25, 0.3) is 11.8 Å². The summed E-state index contributed by atoms with van der Waals surface area (Å²) < 4.78 is 57.4. The third-order valence-corrected chi connectivity index (χ3v) is 6.91. The maximum atomic E-state index is 13.4. The van der Waals surface area contributed by atoms with Crippen molar-refractivity contribution >= 4 is 17.8 Å². The van der Waals surface area contributed by atoms with Crippen LogP contribution in [-0.4, -0.2) is 60.7 Å². The zero-order chi connectivity index (χ0) is 29.1. The number of halogens is 3. The van der Waals surface area contributed by atoms with Gasteiger partial charge in [-0.3, -0.25) is 9.59 Å². The Morgan fingerprint density at radius 3 is 2.73 bits per heavy atom. The smallest absolute Gasteiger partial charge is 0.433 e. The van der Waals surface area contributed by atoms with Crippen molar-refractivity contribution in [1.82, 2.24) is 20.6 Å². The van der Waals surface area contributed by atoms with Crippen LogP contribution in [0.1, 0.15) is 33.6 Å². The molecule has 2 atom stereocenters. The third kappa shape index (κ3) is 6.44. The molecule has 2 aromatic carbocycles. The van der Waals surface area contributed by atoms with Crippen LogP contribution in [0.3, 0.4) is 0 Å². The Kier molecular flexibility index (Phi) is 7.86. The van der Waals surface area contributed by atoms with Gasteiger partial charge in [0.1, 0.15) is 29.0 Å². The summed E-state index contributed by atoms with van der Waals surface area (Å²) >= 11 is 0. The number of hydrogen-bond donors (Lipinski definition) is 2. The van der Waals surface area contributed by atoms with Gasteiger partial charge in [-0.1, -0.05) is 6.07 Å². The molecular formula is C28H28F3N5O5. The van der Waals surface area contributed by atoms with Crippen molar-refractivity contribution in [2.24, 2.45) is 0 Å². The fourth-order valence-corrected chi connectivity index (χ4v) is 4.71. The van der Waals surface area contributed by atoms with Crippen molar-refractivity contribution in [1.29, 1.82) is 0 Å². The van der Waals surface area contributed by atoms with Gasteiger partial charge in [-0.05, 0) is 42.8 Å². The van der Waals surface area contributed by atoms with Crippen LogP contribution in [0, 0.1) is 6.92 Å². The second-order valence-electron chi connectivity index (χ2n) is 9.73. The molecule has 3 aliphatic heterocycles. The molecule has 0 radical (unpaired) electrons. The van der Waals surface area contributed by atoms with E-state index in [0.717, 1.165) is 23.4 Å². The summed E-state index contributed by atoms with van der Waals surface area (Å²) in [6.45, 7) is 2.12. The zero-order valence-electron chi connectivity index (χ0n) is 22.3. The van der Waals surface area contributed by atoms with Crippen molar-refractivity contribution in [3.05, 3.63) is 71.0 Å². The lowest BCUT2D eigenvalue weighted by Gasteiger charge is -2.39. The van der Waals surface area contributed by atoms with Crippen molar-refractivity contribution in [3.8, 4) is 17.2 Å². The normalized spacial score (nSPS) is 19.7. The molecule has 1 fully saturated rings. The minimum atomic E-state index is -4.62. The number of benzene rings is 2. The number of amides is 2. The van der Waals surface area contributed by atoms with Crippen LogP contribution in [0.2, 0.25) is 0 Å². The van der Waals surface area contributed by atoms with Crippen LogP contribution < -0.4 is 29.7 Å². The maximum Gasteiger partial charge on any atom is 0.433 e. The summed E-state index contributed by atoms with van der Waals surface area (Å²) in [5, 5.41) is 5.76. The molecule has 4 heterocycles. The van der Waals surface area contributed by atoms with Crippen LogP contribution in [0.25, 0.3) is 0 Å². The summed E-state index contributed by atoms with van der Waals surface area (Å²) in [4.78, 5) is 35.2. The van der Waals surface area contributed by atoms with Crippen LogP contribution in [0.5, 0.6) is 17.2 Å². The molecule has 0 unspecified atom stereocenters. The Labute approximate surface area is 233 Å². The maximum absolute atomic E-state index is 13.4. The number of nitrogens with zero attached hydrogens (tertiary/aromatic N) is 3. The number of ether oxygens (including phenoxy) is 3. The second kappa shape index (κ2) is 11.5. The molecule has 41 heavy (non-hydrogen) atoms. The highest BCUT2D eigenvalue weighted by molar-refractivity contribution is 5.95. The Morgan fingerprint density at radius 1 is 1.12 bits per heavy atom. The highest BCUT2D eigenvalue weighted by Crippen LogP contribution is 2.31. The standard InChI is InChI=1S/C28H28F3N5O5/c1-16-3-4-17-11-22(16)40-15-25(37)33-13-18-5-6-19(12-23(18)39-2)41-21-8-10-36(14-20(21)34-26(17)38)27-32-9-7-24(35-27)28(29,30)31/h3-7,9,11-12,20-21H,8,10,13-15H2,1-2H3,(H,33,37)(H,34,38)/t20-,21+/m0/s1. The summed E-state index contributed by atoms with van der Waals surface area (Å²) in [5.41, 5.74) is 0.686. The van der Waals surface area contributed by atoms with Gasteiger partial charge in [-0.2, -0.15) is 13.2 Å². The molecule has 0 saturated carbocycles. The van der Waals surface area contributed by atoms with Gasteiger partial charge in [0, 0.05) is 49.4 Å². The number of fused-ring (bicyclic) bond motifs is 7. The first kappa shape index (κ1) is 28.0. The van der Waals surface area contributed by atoms with E-state index in [4.69, 9.17) is 14.2 Å². The lowest BCUT2D eigenvalue weighted by Crippen LogP contribution is -2.57. The second-order valence-corrected chi connectivity index (χ2v) is 9.73. The summed E-state index contributed by atoms with van der Waals surface area (Å²) in [6.07, 6.45) is -3.74. The molecular weight excluding hydrogens is 543 g/mol. The highest BCUT2D eigenvalue weighted by Gasteiger charge is 2.36. The zero-order valence-corrected chi connectivity index (χ0v) is 22.3. The van der Waals surface area contributed by atoms with Gasteiger partial charge in [-0.25, -0.2) is 9.97 Å². The van der Waals surface area contributed by atoms with Crippen molar-refractivity contribution in [2.75, 3.05) is 31.7 Å². The van der Waals surface area contributed by atoms with Crippen molar-refractivity contribution in [3.63, 3.8) is 0 Å². The predicted molar refractivity (Wildman–Crippen MR) is 141 cm³/mol. The number of aromatic nitrogens is 2. The Hall–Kier alpha value is -4.55. The molecule has 2 amide bonds. The van der Waals surface area contributed by atoms with Crippen LogP contribution in [0.4, 0.5) is 19.1 Å². The first-order valence-corrected chi connectivity index (χ1v) is 12.9. The van der Waals surface area contributed by atoms with E-state index in [9.17, 15) is 22.8 Å². The van der Waals surface area contributed by atoms with E-state index in [-0.39, 0.29) is 37.1 Å². The number of methoxy groups -OCH3 is 1. The number of piperidine rings is 1. The van der Waals surface area contributed by atoms with Crippen LogP contribution in [-0.2, 0) is 17.5 Å². The lowest BCUT2D eigenvalue weighted by molar-refractivity contribution is -0.141. The van der Waals surface area contributed by atoms with E-state index in [2.05, 4.69) is 20.6 Å². The number of rotatable bonds is 2. The van der Waals surface area contributed by atoms with Gasteiger partial charge < -0.3 is 29.7 Å². The highest BCUT2D eigenvalue weighted by atomic mass is 19.4. The average molecular weight is 572 g/mol. The number of carbonyl (C=O) groups is 2. The van der Waals surface area contributed by atoms with Gasteiger partial charge in [-0.15, -0.1) is 0 Å². The van der Waals surface area contributed by atoms with Gasteiger partial charge >= 0.3 is 6.18 Å². The molecule has 0 spiro atoms. The SMILES string of the molecule is COc1cc2ccc1CNC(=O)COc1cc(ccc1C)C(=O)N[C@H]1CN(c3nccc(C(F)(F)F)n3)CC[C@H]1O2. The van der Waals surface area contributed by atoms with Gasteiger partial charge in [0.15, 0.2) is 6.61 Å². The van der Waals surface area contributed by atoms with E-state index < -0.39 is 29.9 Å². The van der Waals surface area contributed by atoms with Gasteiger partial charge in [0.2, 0.25) is 5.95 Å². The Bertz CT molecular complexity index is 1450. The van der Waals surface area contributed by atoms with E-state index in [1.807, 2.05) is 0 Å². The quantitative estimate of drug-likeness (QED) is 0.482. The molecule has 3 aliphatic rings. The molecule has 216 valence electrons. The summed E-state index contributed by atoms with van der Waals surface area (Å²) in [7, 11) is 1.50. The topological polar surface area (TPSA) is 115 Å². The van der Waals surface area contributed by atoms with Crippen molar-refractivity contribution < 1.29 is 37.0 Å². The first-order valence-electron chi connectivity index (χ1n) is 12.9. The molecule has 10 nitrogen and oxygen atoms in total. The molecule has 6 rings (SSSR count). The number of alkyl halides is 3. The summed E-state index contributed by atoms with van der Waals surface area (Å²) in [5.74, 6) is 0.441. The Morgan fingerprint density at radius 2 is 1.95 bits per heavy atom. The number of aryl methyl sites for hydroxylation is 1. The number of carbonyl (C=O) groups excluding carboxylic acids is 2. The number of hydrogen-bond acceptors (Lipinski definition) is 8. The molecule has 13 heteroatoms. The van der Waals surface area contributed by atoms with Crippen LogP contribution >= 0.6 is 0 Å². The molecule has 4 bridgehead atoms. The fraction of sp³-hybridized carbons (Fsp3) is 0.357. The van der Waals surface area contributed by atoms with Gasteiger partial charge in [0.05, 0.1) is 13.2 Å². The monoisotopic (exact) mass is 571 g/mol. The molecule has 1 aromatic heterocycles. The van der Waals surface area contributed by atoms with E-state index >= 15 is 0 Å². The van der Waals surface area contributed by atoms with E-state index in [1.165, 1.54) is 7.11 Å². The van der Waals surface area contributed by atoms with E-state index in [1.54, 1.807) is 48.2 Å². The molecule has 0 aliphatic carbocycles.